The summed E-state index contributed by atoms with van der Waals surface area (Å²) < 4.78 is 0. The number of nitrogens with zero attached hydrogens (tertiary/aromatic N) is 2. The van der Waals surface area contributed by atoms with E-state index in [2.05, 4.69) is 28.0 Å². The molecule has 2 nitrogen and oxygen atoms in total. The van der Waals surface area contributed by atoms with Gasteiger partial charge in [-0.15, -0.1) is 0 Å². The summed E-state index contributed by atoms with van der Waals surface area (Å²) in [5.74, 6) is 0. The van der Waals surface area contributed by atoms with Crippen LogP contribution in [-0.2, 0) is 0 Å². The first-order chi connectivity index (χ1) is 9.86. The molecule has 20 heavy (non-hydrogen) atoms. The molecule has 1 aromatic heterocycles. The van der Waals surface area contributed by atoms with Gasteiger partial charge < -0.3 is 0 Å². The van der Waals surface area contributed by atoms with E-state index in [-0.39, 0.29) is 0 Å². The molecule has 0 aliphatic rings. The van der Waals surface area contributed by atoms with E-state index in [9.17, 15) is 0 Å². The molecule has 0 N–H and O–H groups in total. The molecule has 0 unspecified atom stereocenters. The third-order valence-electron chi connectivity index (χ3n) is 3.15. The fraction of sp³-hybridized carbons (Fsp3) is 0. The number of hydrogen-bond donors (Lipinski definition) is 0. The molecule has 0 aliphatic heterocycles. The summed E-state index contributed by atoms with van der Waals surface area (Å²) in [6, 6.07) is 21.8. The fourth-order valence-corrected chi connectivity index (χ4v) is 2.12. The van der Waals surface area contributed by atoms with Gasteiger partial charge in [0.1, 0.15) is 0 Å². The van der Waals surface area contributed by atoms with Crippen LogP contribution in [0, 0.1) is 6.57 Å². The molecule has 0 amide bonds. The Morgan fingerprint density at radius 1 is 0.750 bits per heavy atom. The molecule has 0 spiro atoms. The predicted octanol–water partition coefficient (Wildman–Crippen LogP) is 4.97. The minimum atomic E-state index is 0.662. The Balaban J connectivity index is 2.01. The molecular weight excluding hydrogens is 244 g/mol. The normalized spacial score (nSPS) is 9.95. The second kappa shape index (κ2) is 5.38. The molecule has 3 rings (SSSR count). The monoisotopic (exact) mass is 256 g/mol. The summed E-state index contributed by atoms with van der Waals surface area (Å²) in [4.78, 5) is 7.78. The van der Waals surface area contributed by atoms with Gasteiger partial charge >= 0.3 is 0 Å². The van der Waals surface area contributed by atoms with Crippen molar-refractivity contribution >= 4 is 5.69 Å². The van der Waals surface area contributed by atoms with Crippen LogP contribution in [0.5, 0.6) is 0 Å². The summed E-state index contributed by atoms with van der Waals surface area (Å²) in [6.07, 6.45) is 1.80. The summed E-state index contributed by atoms with van der Waals surface area (Å²) >= 11 is 0. The summed E-state index contributed by atoms with van der Waals surface area (Å²) in [5.41, 5.74) is 4.96. The van der Waals surface area contributed by atoms with Gasteiger partial charge in [-0.05, 0) is 29.3 Å². The van der Waals surface area contributed by atoms with E-state index in [0.29, 0.717) is 5.69 Å². The molecule has 0 atom stereocenters. The zero-order chi connectivity index (χ0) is 13.8. The average molecular weight is 256 g/mol. The highest BCUT2D eigenvalue weighted by Gasteiger charge is 2.02. The van der Waals surface area contributed by atoms with Crippen molar-refractivity contribution < 1.29 is 0 Å². The summed E-state index contributed by atoms with van der Waals surface area (Å²) in [5, 5.41) is 0. The highest BCUT2D eigenvalue weighted by molar-refractivity contribution is 5.72. The molecule has 0 bridgehead atoms. The van der Waals surface area contributed by atoms with Gasteiger partial charge in [-0.2, -0.15) is 0 Å². The van der Waals surface area contributed by atoms with Gasteiger partial charge in [-0.25, -0.2) is 4.85 Å². The first-order valence-corrected chi connectivity index (χ1v) is 6.36. The topological polar surface area (TPSA) is 17.2 Å². The van der Waals surface area contributed by atoms with Crippen molar-refractivity contribution in [1.29, 1.82) is 0 Å². The molecule has 0 saturated heterocycles. The Hall–Kier alpha value is -2.92. The van der Waals surface area contributed by atoms with Crippen molar-refractivity contribution in [2.75, 3.05) is 0 Å². The molecule has 0 fully saturated rings. The van der Waals surface area contributed by atoms with Crippen LogP contribution in [0.1, 0.15) is 0 Å². The van der Waals surface area contributed by atoms with E-state index in [4.69, 9.17) is 6.57 Å². The Morgan fingerprint density at radius 2 is 1.55 bits per heavy atom. The van der Waals surface area contributed by atoms with Crippen LogP contribution in [0.4, 0.5) is 5.69 Å². The third kappa shape index (κ3) is 2.43. The molecule has 0 radical (unpaired) electrons. The zero-order valence-electron chi connectivity index (χ0n) is 10.8. The van der Waals surface area contributed by atoms with Crippen LogP contribution < -0.4 is 0 Å². The van der Waals surface area contributed by atoms with Gasteiger partial charge in [0.15, 0.2) is 5.69 Å². The third-order valence-corrected chi connectivity index (χ3v) is 3.15. The minimum Gasteiger partial charge on any atom is -0.256 e. The van der Waals surface area contributed by atoms with Crippen molar-refractivity contribution in [2.24, 2.45) is 0 Å². The summed E-state index contributed by atoms with van der Waals surface area (Å²) in [6.45, 7) is 6.98. The number of hydrogen-bond acceptors (Lipinski definition) is 1. The quantitative estimate of drug-likeness (QED) is 0.592. The van der Waals surface area contributed by atoms with Crippen LogP contribution in [0.25, 0.3) is 27.2 Å². The number of aromatic nitrogens is 1. The highest BCUT2D eigenvalue weighted by Crippen LogP contribution is 2.26. The lowest BCUT2D eigenvalue weighted by atomic mass is 10.0. The van der Waals surface area contributed by atoms with Crippen LogP contribution in [0.3, 0.4) is 0 Å². The SMILES string of the molecule is [C-]#[N+]c1ccc(-c2cccc(-c3ccccn3)c2)cc1. The van der Waals surface area contributed by atoms with E-state index < -0.39 is 0 Å². The van der Waals surface area contributed by atoms with Gasteiger partial charge in [0.25, 0.3) is 0 Å². The van der Waals surface area contributed by atoms with Gasteiger partial charge in [-0.1, -0.05) is 48.5 Å². The number of rotatable bonds is 2. The maximum Gasteiger partial charge on any atom is 0.187 e. The van der Waals surface area contributed by atoms with Gasteiger partial charge in [0, 0.05) is 11.8 Å². The van der Waals surface area contributed by atoms with Crippen LogP contribution >= 0.6 is 0 Å². The smallest absolute Gasteiger partial charge is 0.187 e. The molecule has 2 heteroatoms. The Labute approximate surface area is 118 Å². The van der Waals surface area contributed by atoms with Crippen LogP contribution in [0.15, 0.2) is 72.9 Å². The largest absolute Gasteiger partial charge is 0.256 e. The molecule has 0 aliphatic carbocycles. The lowest BCUT2D eigenvalue weighted by molar-refractivity contribution is 1.33. The summed E-state index contributed by atoms with van der Waals surface area (Å²) in [7, 11) is 0. The Bertz CT molecular complexity index is 753. The fourth-order valence-electron chi connectivity index (χ4n) is 2.12. The number of benzene rings is 2. The molecule has 94 valence electrons. The van der Waals surface area contributed by atoms with Crippen molar-refractivity contribution in [3.63, 3.8) is 0 Å². The average Bonchev–Trinajstić information content (AvgIpc) is 2.56. The molecular formula is C18H12N2. The first kappa shape index (κ1) is 12.1. The molecule has 1 heterocycles. The van der Waals surface area contributed by atoms with Crippen molar-refractivity contribution in [3.05, 3.63) is 84.3 Å². The Kier molecular flexibility index (Phi) is 3.26. The van der Waals surface area contributed by atoms with E-state index in [1.54, 1.807) is 6.20 Å². The van der Waals surface area contributed by atoms with Gasteiger partial charge in [0.2, 0.25) is 0 Å². The van der Waals surface area contributed by atoms with E-state index in [1.165, 1.54) is 0 Å². The molecule has 0 saturated carbocycles. The second-order valence-corrected chi connectivity index (χ2v) is 4.45. The highest BCUT2D eigenvalue weighted by atomic mass is 14.7. The van der Waals surface area contributed by atoms with Crippen molar-refractivity contribution in [1.82, 2.24) is 4.98 Å². The van der Waals surface area contributed by atoms with E-state index >= 15 is 0 Å². The maximum absolute atomic E-state index is 6.98. The number of pyridine rings is 1. The standard InChI is InChI=1S/C18H12N2/c1-19-17-10-8-14(9-11-17)15-5-4-6-16(13-15)18-7-2-3-12-20-18/h2-13H. The van der Waals surface area contributed by atoms with Crippen LogP contribution in [-0.4, -0.2) is 4.98 Å². The predicted molar refractivity (Wildman–Crippen MR) is 81.4 cm³/mol. The van der Waals surface area contributed by atoms with E-state index in [0.717, 1.165) is 22.4 Å². The lowest BCUT2D eigenvalue weighted by Crippen LogP contribution is -1.83. The second-order valence-electron chi connectivity index (χ2n) is 4.45. The van der Waals surface area contributed by atoms with E-state index in [1.807, 2.05) is 48.5 Å². The van der Waals surface area contributed by atoms with Gasteiger partial charge in [0.05, 0.1) is 12.3 Å². The molecule has 3 aromatic rings. The lowest BCUT2D eigenvalue weighted by Gasteiger charge is -2.05. The molecule has 2 aromatic carbocycles. The van der Waals surface area contributed by atoms with Crippen molar-refractivity contribution in [2.45, 2.75) is 0 Å². The van der Waals surface area contributed by atoms with Gasteiger partial charge in [-0.3, -0.25) is 4.98 Å². The van der Waals surface area contributed by atoms with Crippen molar-refractivity contribution in [3.8, 4) is 22.4 Å². The minimum absolute atomic E-state index is 0.662. The maximum atomic E-state index is 6.98. The zero-order valence-corrected chi connectivity index (χ0v) is 10.8. The Morgan fingerprint density at radius 3 is 2.25 bits per heavy atom. The van der Waals surface area contributed by atoms with Crippen LogP contribution in [0.2, 0.25) is 0 Å². The first-order valence-electron chi connectivity index (χ1n) is 6.36.